The lowest BCUT2D eigenvalue weighted by atomic mass is 9.94. The van der Waals surface area contributed by atoms with Gasteiger partial charge in [0, 0.05) is 18.2 Å². The van der Waals surface area contributed by atoms with Crippen molar-refractivity contribution in [3.63, 3.8) is 0 Å². The Bertz CT molecular complexity index is 946. The van der Waals surface area contributed by atoms with E-state index < -0.39 is 17.9 Å². The number of halogens is 1. The first-order valence-electron chi connectivity index (χ1n) is 9.02. The second kappa shape index (κ2) is 7.78. The fraction of sp³-hybridized carbons (Fsp3) is 0.250. The fourth-order valence-electron chi connectivity index (χ4n) is 3.47. The van der Waals surface area contributed by atoms with Crippen molar-refractivity contribution in [1.29, 1.82) is 0 Å². The van der Waals surface area contributed by atoms with Crippen LogP contribution in [-0.2, 0) is 9.63 Å². The van der Waals surface area contributed by atoms with Gasteiger partial charge >= 0.3 is 6.03 Å². The molecule has 2 heterocycles. The number of hydrogen-bond donors (Lipinski definition) is 2. The van der Waals surface area contributed by atoms with Gasteiger partial charge in [0.2, 0.25) is 0 Å². The van der Waals surface area contributed by atoms with Crippen molar-refractivity contribution in [1.82, 2.24) is 10.2 Å². The minimum Gasteiger partial charge on any atom is -0.497 e. The van der Waals surface area contributed by atoms with Crippen LogP contribution >= 0.6 is 0 Å². The molecule has 2 aliphatic rings. The van der Waals surface area contributed by atoms with Crippen LogP contribution in [-0.4, -0.2) is 49.0 Å². The van der Waals surface area contributed by atoms with E-state index in [1.54, 1.807) is 7.11 Å². The molecule has 150 valence electrons. The first kappa shape index (κ1) is 18.7. The van der Waals surface area contributed by atoms with Crippen molar-refractivity contribution in [2.45, 2.75) is 12.0 Å². The van der Waals surface area contributed by atoms with Crippen molar-refractivity contribution in [3.8, 4) is 5.75 Å². The van der Waals surface area contributed by atoms with Gasteiger partial charge in [-0.3, -0.25) is 9.69 Å². The molecule has 2 N–H and O–H groups in total. The van der Waals surface area contributed by atoms with Gasteiger partial charge in [0.15, 0.2) is 12.4 Å². The summed E-state index contributed by atoms with van der Waals surface area (Å²) in [6, 6.07) is 11.8. The second-order valence-corrected chi connectivity index (χ2v) is 6.69. The monoisotopic (exact) mass is 398 g/mol. The van der Waals surface area contributed by atoms with Crippen molar-refractivity contribution >= 4 is 23.5 Å². The van der Waals surface area contributed by atoms with Crippen molar-refractivity contribution < 1.29 is 23.6 Å². The molecule has 2 atom stereocenters. The quantitative estimate of drug-likeness (QED) is 0.827. The number of ether oxygens (including phenoxy) is 1. The number of amides is 3. The van der Waals surface area contributed by atoms with Gasteiger partial charge in [0.1, 0.15) is 17.6 Å². The third-order valence-corrected chi connectivity index (χ3v) is 4.92. The van der Waals surface area contributed by atoms with E-state index in [0.717, 1.165) is 5.56 Å². The van der Waals surface area contributed by atoms with E-state index in [1.165, 1.54) is 29.2 Å². The molecule has 0 aromatic heterocycles. The summed E-state index contributed by atoms with van der Waals surface area (Å²) in [7, 11) is 1.58. The maximum absolute atomic E-state index is 13.1. The number of carbonyl (C=O) groups is 2. The Morgan fingerprint density at radius 1 is 1.21 bits per heavy atom. The van der Waals surface area contributed by atoms with Gasteiger partial charge in [0.05, 0.1) is 7.11 Å². The predicted molar refractivity (Wildman–Crippen MR) is 103 cm³/mol. The van der Waals surface area contributed by atoms with Crippen molar-refractivity contribution in [2.75, 3.05) is 25.6 Å². The lowest BCUT2D eigenvalue weighted by molar-refractivity contribution is -0.134. The predicted octanol–water partition coefficient (Wildman–Crippen LogP) is 2.29. The van der Waals surface area contributed by atoms with E-state index in [2.05, 4.69) is 15.8 Å². The van der Waals surface area contributed by atoms with Crippen LogP contribution in [0.2, 0.25) is 0 Å². The van der Waals surface area contributed by atoms with Gasteiger partial charge in [-0.1, -0.05) is 17.3 Å². The number of urea groups is 1. The fourth-order valence-corrected chi connectivity index (χ4v) is 3.47. The van der Waals surface area contributed by atoms with Crippen molar-refractivity contribution in [2.24, 2.45) is 5.16 Å². The molecule has 2 aliphatic heterocycles. The van der Waals surface area contributed by atoms with Gasteiger partial charge in [-0.05, 0) is 42.0 Å². The van der Waals surface area contributed by atoms with Crippen LogP contribution in [0, 0.1) is 5.82 Å². The Kier molecular flexibility index (Phi) is 5.03. The third kappa shape index (κ3) is 3.84. The first-order chi connectivity index (χ1) is 14.0. The number of methoxy groups -OCH3 is 1. The highest BCUT2D eigenvalue weighted by Gasteiger charge is 2.45. The zero-order valence-corrected chi connectivity index (χ0v) is 15.6. The number of nitrogens with one attached hydrogen (secondary N) is 2. The molecule has 0 spiro atoms. The summed E-state index contributed by atoms with van der Waals surface area (Å²) in [6.45, 7) is 0.238. The molecule has 0 saturated carbocycles. The molecule has 4 rings (SSSR count). The van der Waals surface area contributed by atoms with Gasteiger partial charge in [-0.25, -0.2) is 9.18 Å². The Balaban J connectivity index is 1.57. The number of hydrogen-bond acceptors (Lipinski definition) is 5. The summed E-state index contributed by atoms with van der Waals surface area (Å²) >= 11 is 0. The Hall–Kier alpha value is -3.62. The maximum Gasteiger partial charge on any atom is 0.319 e. The van der Waals surface area contributed by atoms with Crippen LogP contribution in [0.15, 0.2) is 53.7 Å². The number of rotatable bonds is 4. The lowest BCUT2D eigenvalue weighted by Crippen LogP contribution is -2.48. The number of oxime groups is 1. The number of amidine groups is 1. The maximum atomic E-state index is 13.1. The molecular formula is C20H19FN4O4. The Morgan fingerprint density at radius 3 is 2.62 bits per heavy atom. The van der Waals surface area contributed by atoms with Crippen LogP contribution in [0.4, 0.5) is 14.9 Å². The smallest absolute Gasteiger partial charge is 0.319 e. The molecule has 9 heteroatoms. The number of fused-ring (bicyclic) bond motifs is 1. The van der Waals surface area contributed by atoms with Gasteiger partial charge in [-0.2, -0.15) is 0 Å². The summed E-state index contributed by atoms with van der Waals surface area (Å²) in [5, 5.41) is 9.53. The van der Waals surface area contributed by atoms with Crippen molar-refractivity contribution in [3.05, 3.63) is 59.9 Å². The highest BCUT2D eigenvalue weighted by molar-refractivity contribution is 6.06. The Morgan fingerprint density at radius 2 is 1.93 bits per heavy atom. The molecule has 29 heavy (non-hydrogen) atoms. The molecule has 1 saturated heterocycles. The molecule has 1 fully saturated rings. The van der Waals surface area contributed by atoms with Gasteiger partial charge in [-0.15, -0.1) is 0 Å². The molecule has 0 aliphatic carbocycles. The van der Waals surface area contributed by atoms with Crippen LogP contribution < -0.4 is 15.4 Å². The SMILES string of the molecule is COc1ccc([C@@H]2CN3C(=O)CON=C3[C@H]2NC(=O)Nc2ccc(F)cc2)cc1. The third-order valence-electron chi connectivity index (χ3n) is 4.92. The topological polar surface area (TPSA) is 92.3 Å². The van der Waals surface area contributed by atoms with Gasteiger partial charge < -0.3 is 20.2 Å². The van der Waals surface area contributed by atoms with E-state index in [-0.39, 0.29) is 18.4 Å². The average molecular weight is 398 g/mol. The average Bonchev–Trinajstić information content (AvgIpc) is 3.09. The molecule has 0 bridgehead atoms. The number of carbonyl (C=O) groups excluding carboxylic acids is 2. The van der Waals surface area contributed by atoms with E-state index in [0.29, 0.717) is 23.8 Å². The van der Waals surface area contributed by atoms with Gasteiger partial charge in [0.25, 0.3) is 5.91 Å². The highest BCUT2D eigenvalue weighted by atomic mass is 19.1. The normalized spacial score (nSPS) is 20.4. The molecule has 8 nitrogen and oxygen atoms in total. The van der Waals surface area contributed by atoms with E-state index in [1.807, 2.05) is 24.3 Å². The van der Waals surface area contributed by atoms with Crippen LogP contribution in [0.5, 0.6) is 5.75 Å². The minimum atomic E-state index is -0.576. The molecule has 0 radical (unpaired) electrons. The first-order valence-corrected chi connectivity index (χ1v) is 9.02. The standard InChI is InChI=1S/C20H19FN4O4/c1-28-15-8-2-12(3-9-15)16-10-25-17(26)11-29-24-19(25)18(16)23-20(27)22-14-6-4-13(21)5-7-14/h2-9,16,18H,10-11H2,1H3,(H2,22,23,27)/t16-,18-/m0/s1. The zero-order chi connectivity index (χ0) is 20.4. The van der Waals surface area contributed by atoms with E-state index in [4.69, 9.17) is 9.57 Å². The number of anilines is 1. The molecule has 2 aromatic carbocycles. The Labute approximate surface area is 166 Å². The summed E-state index contributed by atoms with van der Waals surface area (Å²) in [5.41, 5.74) is 1.36. The lowest BCUT2D eigenvalue weighted by Gasteiger charge is -2.23. The summed E-state index contributed by atoms with van der Waals surface area (Å²) in [6.07, 6.45) is 0. The largest absolute Gasteiger partial charge is 0.497 e. The van der Waals surface area contributed by atoms with E-state index >= 15 is 0 Å². The summed E-state index contributed by atoms with van der Waals surface area (Å²) in [4.78, 5) is 31.3. The molecule has 0 unspecified atom stereocenters. The van der Waals surface area contributed by atoms with Crippen LogP contribution in [0.25, 0.3) is 0 Å². The summed E-state index contributed by atoms with van der Waals surface area (Å²) < 4.78 is 18.3. The second-order valence-electron chi connectivity index (χ2n) is 6.69. The molecular weight excluding hydrogens is 379 g/mol. The molecule has 3 amide bonds. The number of nitrogens with zero attached hydrogens (tertiary/aromatic N) is 2. The van der Waals surface area contributed by atoms with E-state index in [9.17, 15) is 14.0 Å². The highest BCUT2D eigenvalue weighted by Crippen LogP contribution is 2.32. The number of benzene rings is 2. The minimum absolute atomic E-state index is 0.132. The summed E-state index contributed by atoms with van der Waals surface area (Å²) in [5.74, 6) is 0.242. The molecule has 2 aromatic rings. The van der Waals surface area contributed by atoms with Crippen LogP contribution in [0.1, 0.15) is 11.5 Å². The zero-order valence-electron chi connectivity index (χ0n) is 15.6. The van der Waals surface area contributed by atoms with Crippen LogP contribution in [0.3, 0.4) is 0 Å².